The van der Waals surface area contributed by atoms with Crippen molar-refractivity contribution >= 4 is 23.4 Å². The molecule has 0 amide bonds. The summed E-state index contributed by atoms with van der Waals surface area (Å²) in [7, 11) is 1.56. The van der Waals surface area contributed by atoms with E-state index >= 15 is 0 Å². The lowest BCUT2D eigenvalue weighted by molar-refractivity contribution is 0.573. The van der Waals surface area contributed by atoms with Crippen LogP contribution in [0.15, 0.2) is 6.07 Å². The third-order valence-corrected chi connectivity index (χ3v) is 3.98. The third-order valence-electron chi connectivity index (χ3n) is 2.75. The van der Waals surface area contributed by atoms with Gasteiger partial charge in [-0.25, -0.2) is 13.8 Å². The molecule has 0 spiro atoms. The van der Waals surface area contributed by atoms with Crippen LogP contribution in [0, 0.1) is 17.6 Å². The Morgan fingerprint density at radius 1 is 1.41 bits per heavy atom. The fourth-order valence-corrected chi connectivity index (χ4v) is 3.04. The number of nitrogens with one attached hydrogen (secondary N) is 2. The zero-order valence-electron chi connectivity index (χ0n) is 9.59. The van der Waals surface area contributed by atoms with Gasteiger partial charge in [-0.05, 0) is 23.8 Å². The van der Waals surface area contributed by atoms with Crippen LogP contribution in [0.3, 0.4) is 0 Å². The van der Waals surface area contributed by atoms with Gasteiger partial charge in [0.05, 0.1) is 0 Å². The van der Waals surface area contributed by atoms with Gasteiger partial charge in [0.2, 0.25) is 0 Å². The van der Waals surface area contributed by atoms with E-state index in [2.05, 4.69) is 15.6 Å². The molecule has 1 aromatic heterocycles. The van der Waals surface area contributed by atoms with Crippen LogP contribution in [0.4, 0.5) is 20.4 Å². The molecule has 3 nitrogen and oxygen atoms in total. The van der Waals surface area contributed by atoms with Crippen molar-refractivity contribution < 1.29 is 8.78 Å². The molecule has 17 heavy (non-hydrogen) atoms. The number of nitrogens with zero attached hydrogens (tertiary/aromatic N) is 1. The molecule has 0 aliphatic carbocycles. The Balaban J connectivity index is 2.03. The first-order valence-electron chi connectivity index (χ1n) is 5.56. The van der Waals surface area contributed by atoms with E-state index in [-0.39, 0.29) is 11.6 Å². The van der Waals surface area contributed by atoms with Crippen molar-refractivity contribution in [1.29, 1.82) is 0 Å². The van der Waals surface area contributed by atoms with Gasteiger partial charge >= 0.3 is 0 Å². The lowest BCUT2D eigenvalue weighted by atomic mass is 10.1. The molecule has 6 heteroatoms. The quantitative estimate of drug-likeness (QED) is 0.871. The van der Waals surface area contributed by atoms with Crippen molar-refractivity contribution in [2.45, 2.75) is 6.42 Å². The zero-order chi connectivity index (χ0) is 12.3. The van der Waals surface area contributed by atoms with Crippen molar-refractivity contribution in [3.05, 3.63) is 17.7 Å². The number of rotatable bonds is 4. The topological polar surface area (TPSA) is 37.0 Å². The number of anilines is 2. The Bertz CT molecular complexity index is 395. The molecule has 0 radical (unpaired) electrons. The maximum Gasteiger partial charge on any atom is 0.168 e. The summed E-state index contributed by atoms with van der Waals surface area (Å²) in [5.74, 6) is 1.66. The number of pyridine rings is 1. The molecule has 1 aromatic rings. The van der Waals surface area contributed by atoms with E-state index in [1.54, 1.807) is 7.05 Å². The zero-order valence-corrected chi connectivity index (χ0v) is 10.4. The molecule has 1 saturated heterocycles. The first-order valence-corrected chi connectivity index (χ1v) is 6.71. The Morgan fingerprint density at radius 3 is 2.82 bits per heavy atom. The lowest BCUT2D eigenvalue weighted by Crippen LogP contribution is -2.16. The molecule has 1 fully saturated rings. The maximum atomic E-state index is 13.4. The highest BCUT2D eigenvalue weighted by atomic mass is 32.2. The monoisotopic (exact) mass is 259 g/mol. The first-order chi connectivity index (χ1) is 8.20. The summed E-state index contributed by atoms with van der Waals surface area (Å²) < 4.78 is 26.6. The molecule has 0 aromatic carbocycles. The third kappa shape index (κ3) is 3.00. The molecule has 1 aliphatic heterocycles. The Kier molecular flexibility index (Phi) is 4.04. The standard InChI is InChI=1S/C11H15F2N3S/c1-14-10-8(12)4-9(13)11(16-10)15-5-7-2-3-17-6-7/h4,7H,2-3,5-6H2,1H3,(H2,14,15,16). The highest BCUT2D eigenvalue weighted by Gasteiger charge is 2.17. The largest absolute Gasteiger partial charge is 0.371 e. The van der Waals surface area contributed by atoms with E-state index in [1.807, 2.05) is 11.8 Å². The summed E-state index contributed by atoms with van der Waals surface area (Å²) in [5, 5.41) is 5.54. The van der Waals surface area contributed by atoms with Gasteiger partial charge in [0.25, 0.3) is 0 Å². The second-order valence-electron chi connectivity index (χ2n) is 4.01. The summed E-state index contributed by atoms with van der Waals surface area (Å²) in [6, 6.07) is 0.852. The summed E-state index contributed by atoms with van der Waals surface area (Å²) in [6.45, 7) is 0.686. The van der Waals surface area contributed by atoms with Gasteiger partial charge in [0, 0.05) is 19.7 Å². The summed E-state index contributed by atoms with van der Waals surface area (Å²) >= 11 is 1.91. The number of hydrogen-bond acceptors (Lipinski definition) is 4. The Morgan fingerprint density at radius 2 is 2.18 bits per heavy atom. The van der Waals surface area contributed by atoms with Gasteiger partial charge in [0.1, 0.15) is 0 Å². The van der Waals surface area contributed by atoms with E-state index < -0.39 is 11.6 Å². The predicted molar refractivity (Wildman–Crippen MR) is 67.6 cm³/mol. The minimum absolute atomic E-state index is 0.0645. The average molecular weight is 259 g/mol. The highest BCUT2D eigenvalue weighted by Crippen LogP contribution is 2.24. The van der Waals surface area contributed by atoms with Crippen LogP contribution in [-0.4, -0.2) is 30.1 Å². The fraction of sp³-hybridized carbons (Fsp3) is 0.545. The molecule has 2 heterocycles. The lowest BCUT2D eigenvalue weighted by Gasteiger charge is -2.12. The van der Waals surface area contributed by atoms with Crippen molar-refractivity contribution in [1.82, 2.24) is 4.98 Å². The second kappa shape index (κ2) is 5.53. The minimum atomic E-state index is -0.674. The van der Waals surface area contributed by atoms with Crippen LogP contribution in [0.25, 0.3) is 0 Å². The predicted octanol–water partition coefficient (Wildman–Crippen LogP) is 2.57. The number of hydrogen-bond donors (Lipinski definition) is 2. The summed E-state index contributed by atoms with van der Waals surface area (Å²) in [5.41, 5.74) is 0. The number of aromatic nitrogens is 1. The Hall–Kier alpha value is -1.04. The fourth-order valence-electron chi connectivity index (χ4n) is 1.75. The Labute approximate surface area is 103 Å². The summed E-state index contributed by atoms with van der Waals surface area (Å²) in [6.07, 6.45) is 1.14. The smallest absolute Gasteiger partial charge is 0.168 e. The van der Waals surface area contributed by atoms with Gasteiger partial charge in [-0.1, -0.05) is 0 Å². The number of thioether (sulfide) groups is 1. The van der Waals surface area contributed by atoms with E-state index in [4.69, 9.17) is 0 Å². The SMILES string of the molecule is CNc1nc(NCC2CCSC2)c(F)cc1F. The van der Waals surface area contributed by atoms with Crippen LogP contribution >= 0.6 is 11.8 Å². The number of halogens is 2. The van der Waals surface area contributed by atoms with Crippen molar-refractivity contribution in [3.8, 4) is 0 Å². The average Bonchev–Trinajstić information content (AvgIpc) is 2.81. The highest BCUT2D eigenvalue weighted by molar-refractivity contribution is 7.99. The van der Waals surface area contributed by atoms with Gasteiger partial charge in [-0.2, -0.15) is 11.8 Å². The molecule has 1 unspecified atom stereocenters. The van der Waals surface area contributed by atoms with Gasteiger partial charge in [-0.3, -0.25) is 0 Å². The van der Waals surface area contributed by atoms with Crippen LogP contribution in [-0.2, 0) is 0 Å². The van der Waals surface area contributed by atoms with E-state index in [1.165, 1.54) is 0 Å². The van der Waals surface area contributed by atoms with Crippen LogP contribution in [0.1, 0.15) is 6.42 Å². The van der Waals surface area contributed by atoms with Crippen LogP contribution in [0.5, 0.6) is 0 Å². The molecule has 2 rings (SSSR count). The van der Waals surface area contributed by atoms with Crippen molar-refractivity contribution in [2.75, 3.05) is 35.7 Å². The molecule has 2 N–H and O–H groups in total. The normalized spacial score (nSPS) is 19.4. The molecule has 1 aliphatic rings. The molecule has 94 valence electrons. The van der Waals surface area contributed by atoms with Crippen LogP contribution in [0.2, 0.25) is 0 Å². The van der Waals surface area contributed by atoms with Crippen LogP contribution < -0.4 is 10.6 Å². The van der Waals surface area contributed by atoms with Gasteiger partial charge in [0.15, 0.2) is 23.3 Å². The van der Waals surface area contributed by atoms with E-state index in [0.29, 0.717) is 12.5 Å². The molecule has 0 saturated carbocycles. The summed E-state index contributed by atoms with van der Waals surface area (Å²) in [4.78, 5) is 3.87. The van der Waals surface area contributed by atoms with Gasteiger partial charge in [-0.15, -0.1) is 0 Å². The van der Waals surface area contributed by atoms with E-state index in [0.717, 1.165) is 24.0 Å². The maximum absolute atomic E-state index is 13.4. The van der Waals surface area contributed by atoms with Crippen molar-refractivity contribution in [2.24, 2.45) is 5.92 Å². The van der Waals surface area contributed by atoms with Crippen molar-refractivity contribution in [3.63, 3.8) is 0 Å². The van der Waals surface area contributed by atoms with Gasteiger partial charge < -0.3 is 10.6 Å². The first kappa shape index (κ1) is 12.4. The van der Waals surface area contributed by atoms with E-state index in [9.17, 15) is 8.78 Å². The molecular formula is C11H15F2N3S. The molecule has 0 bridgehead atoms. The minimum Gasteiger partial charge on any atom is -0.371 e. The molecular weight excluding hydrogens is 244 g/mol. The molecule has 1 atom stereocenters. The second-order valence-corrected chi connectivity index (χ2v) is 5.16.